The van der Waals surface area contributed by atoms with Gasteiger partial charge in [-0.2, -0.15) is 4.72 Å². The van der Waals surface area contributed by atoms with Crippen molar-refractivity contribution < 1.29 is 22.7 Å². The Balaban J connectivity index is 1.81. The molecule has 1 atom stereocenters. The summed E-state index contributed by atoms with van der Waals surface area (Å²) < 4.78 is 39.3. The SMILES string of the molecule is COc1ccc(S(=O)(=O)NC(Cc2ccccc2)C(=O)NC2CCN(C)CC2)cc1OC. The van der Waals surface area contributed by atoms with Crippen molar-refractivity contribution in [2.75, 3.05) is 34.4 Å². The average molecular weight is 462 g/mol. The number of hydrogen-bond donors (Lipinski definition) is 2. The fraction of sp³-hybridized carbons (Fsp3) is 0.435. The van der Waals surface area contributed by atoms with Crippen LogP contribution in [0.2, 0.25) is 0 Å². The molecule has 1 amide bonds. The minimum atomic E-state index is -3.99. The largest absolute Gasteiger partial charge is 0.493 e. The summed E-state index contributed by atoms with van der Waals surface area (Å²) >= 11 is 0. The molecule has 1 saturated heterocycles. The quantitative estimate of drug-likeness (QED) is 0.591. The Morgan fingerprint density at radius 1 is 1.06 bits per heavy atom. The highest BCUT2D eigenvalue weighted by molar-refractivity contribution is 7.89. The summed E-state index contributed by atoms with van der Waals surface area (Å²) in [5.41, 5.74) is 0.867. The number of carbonyl (C=O) groups excluding carboxylic acids is 1. The summed E-state index contributed by atoms with van der Waals surface area (Å²) in [5, 5.41) is 3.04. The van der Waals surface area contributed by atoms with Crippen LogP contribution >= 0.6 is 0 Å². The summed E-state index contributed by atoms with van der Waals surface area (Å²) in [6.07, 6.45) is 1.91. The van der Waals surface area contributed by atoms with Gasteiger partial charge in [0.1, 0.15) is 6.04 Å². The van der Waals surface area contributed by atoms with E-state index in [1.807, 2.05) is 37.4 Å². The molecule has 0 saturated carbocycles. The van der Waals surface area contributed by atoms with Gasteiger partial charge in [0.15, 0.2) is 11.5 Å². The normalized spacial score (nSPS) is 16.3. The van der Waals surface area contributed by atoms with E-state index in [0.717, 1.165) is 31.5 Å². The van der Waals surface area contributed by atoms with E-state index in [0.29, 0.717) is 11.5 Å². The second-order valence-corrected chi connectivity index (χ2v) is 9.68. The molecule has 1 unspecified atom stereocenters. The number of rotatable bonds is 9. The molecule has 2 aromatic rings. The van der Waals surface area contributed by atoms with Crippen LogP contribution in [0.25, 0.3) is 0 Å². The van der Waals surface area contributed by atoms with Gasteiger partial charge in [-0.25, -0.2) is 8.42 Å². The Kier molecular flexibility index (Phi) is 8.11. The van der Waals surface area contributed by atoms with E-state index in [9.17, 15) is 13.2 Å². The number of nitrogens with one attached hydrogen (secondary N) is 2. The molecule has 2 N–H and O–H groups in total. The smallest absolute Gasteiger partial charge is 0.241 e. The molecule has 1 fully saturated rings. The maximum atomic E-state index is 13.1. The minimum absolute atomic E-state index is 0.000280. The average Bonchev–Trinajstić information content (AvgIpc) is 2.80. The van der Waals surface area contributed by atoms with Crippen LogP contribution in [0.5, 0.6) is 11.5 Å². The summed E-state index contributed by atoms with van der Waals surface area (Å²) in [7, 11) is 0.982. The fourth-order valence-corrected chi connectivity index (χ4v) is 4.94. The number of ether oxygens (including phenoxy) is 2. The maximum Gasteiger partial charge on any atom is 0.241 e. The van der Waals surface area contributed by atoms with Crippen LogP contribution in [0.3, 0.4) is 0 Å². The molecule has 3 rings (SSSR count). The third-order valence-electron chi connectivity index (χ3n) is 5.63. The van der Waals surface area contributed by atoms with Crippen molar-refractivity contribution in [2.24, 2.45) is 0 Å². The van der Waals surface area contributed by atoms with Gasteiger partial charge < -0.3 is 19.7 Å². The number of amides is 1. The molecule has 0 bridgehead atoms. The van der Waals surface area contributed by atoms with E-state index in [2.05, 4.69) is 14.9 Å². The molecule has 1 heterocycles. The van der Waals surface area contributed by atoms with Gasteiger partial charge in [-0.1, -0.05) is 30.3 Å². The molecule has 174 valence electrons. The van der Waals surface area contributed by atoms with Crippen molar-refractivity contribution in [3.8, 4) is 11.5 Å². The number of piperidine rings is 1. The molecule has 1 aliphatic heterocycles. The molecule has 9 heteroatoms. The van der Waals surface area contributed by atoms with E-state index >= 15 is 0 Å². The highest BCUT2D eigenvalue weighted by Crippen LogP contribution is 2.29. The molecular formula is C23H31N3O5S. The van der Waals surface area contributed by atoms with Gasteiger partial charge in [0.25, 0.3) is 0 Å². The van der Waals surface area contributed by atoms with Crippen LogP contribution in [-0.2, 0) is 21.2 Å². The van der Waals surface area contributed by atoms with Gasteiger partial charge in [0.05, 0.1) is 19.1 Å². The molecule has 8 nitrogen and oxygen atoms in total. The molecule has 0 radical (unpaired) electrons. The summed E-state index contributed by atoms with van der Waals surface area (Å²) in [6.45, 7) is 1.79. The molecule has 0 aliphatic carbocycles. The zero-order valence-electron chi connectivity index (χ0n) is 18.7. The van der Waals surface area contributed by atoms with E-state index in [4.69, 9.17) is 9.47 Å². The molecular weight excluding hydrogens is 430 g/mol. The third-order valence-corrected chi connectivity index (χ3v) is 7.10. The molecule has 2 aromatic carbocycles. The second-order valence-electron chi connectivity index (χ2n) is 7.97. The number of carbonyl (C=O) groups is 1. The first kappa shape index (κ1) is 24.0. The van der Waals surface area contributed by atoms with Gasteiger partial charge in [0.2, 0.25) is 15.9 Å². The highest BCUT2D eigenvalue weighted by atomic mass is 32.2. The lowest BCUT2D eigenvalue weighted by atomic mass is 10.0. The van der Waals surface area contributed by atoms with E-state index in [1.165, 1.54) is 32.4 Å². The van der Waals surface area contributed by atoms with Crippen molar-refractivity contribution in [1.82, 2.24) is 14.9 Å². The van der Waals surface area contributed by atoms with Crippen molar-refractivity contribution >= 4 is 15.9 Å². The van der Waals surface area contributed by atoms with Crippen LogP contribution in [0.1, 0.15) is 18.4 Å². The zero-order chi connectivity index (χ0) is 23.1. The standard InChI is InChI=1S/C23H31N3O5S/c1-26-13-11-18(12-14-26)24-23(27)20(15-17-7-5-4-6-8-17)25-32(28,29)19-9-10-21(30-2)22(16-19)31-3/h4-10,16,18,20,25H,11-15H2,1-3H3,(H,24,27). The van der Waals surface area contributed by atoms with E-state index in [1.54, 1.807) is 0 Å². The first-order chi connectivity index (χ1) is 15.3. The lowest BCUT2D eigenvalue weighted by molar-refractivity contribution is -0.123. The fourth-order valence-electron chi connectivity index (χ4n) is 3.73. The van der Waals surface area contributed by atoms with Crippen LogP contribution in [0.15, 0.2) is 53.4 Å². The number of hydrogen-bond acceptors (Lipinski definition) is 6. The Morgan fingerprint density at radius 2 is 1.72 bits per heavy atom. The Morgan fingerprint density at radius 3 is 2.34 bits per heavy atom. The van der Waals surface area contributed by atoms with E-state index in [-0.39, 0.29) is 23.3 Å². The van der Waals surface area contributed by atoms with Crippen LogP contribution in [0, 0.1) is 0 Å². The molecule has 0 spiro atoms. The van der Waals surface area contributed by atoms with Crippen molar-refractivity contribution in [3.63, 3.8) is 0 Å². The Hall–Kier alpha value is -2.62. The van der Waals surface area contributed by atoms with Gasteiger partial charge in [-0.3, -0.25) is 4.79 Å². The monoisotopic (exact) mass is 461 g/mol. The minimum Gasteiger partial charge on any atom is -0.493 e. The summed E-state index contributed by atoms with van der Waals surface area (Å²) in [4.78, 5) is 15.3. The lowest BCUT2D eigenvalue weighted by Gasteiger charge is -2.30. The number of sulfonamides is 1. The number of benzene rings is 2. The first-order valence-electron chi connectivity index (χ1n) is 10.6. The summed E-state index contributed by atoms with van der Waals surface area (Å²) in [6, 6.07) is 12.8. The van der Waals surface area contributed by atoms with Gasteiger partial charge >= 0.3 is 0 Å². The Labute approximate surface area is 190 Å². The second kappa shape index (κ2) is 10.8. The predicted molar refractivity (Wildman–Crippen MR) is 122 cm³/mol. The van der Waals surface area contributed by atoms with Gasteiger partial charge in [-0.05, 0) is 57.1 Å². The van der Waals surface area contributed by atoms with Crippen LogP contribution < -0.4 is 19.5 Å². The highest BCUT2D eigenvalue weighted by Gasteiger charge is 2.29. The van der Waals surface area contributed by atoms with Gasteiger partial charge in [-0.15, -0.1) is 0 Å². The number of nitrogens with zero attached hydrogens (tertiary/aromatic N) is 1. The number of methoxy groups -OCH3 is 2. The first-order valence-corrected chi connectivity index (χ1v) is 12.1. The lowest BCUT2D eigenvalue weighted by Crippen LogP contribution is -2.52. The third kappa shape index (κ3) is 6.21. The van der Waals surface area contributed by atoms with Crippen molar-refractivity contribution in [3.05, 3.63) is 54.1 Å². The van der Waals surface area contributed by atoms with Crippen molar-refractivity contribution in [1.29, 1.82) is 0 Å². The predicted octanol–water partition coefficient (Wildman–Crippen LogP) is 1.80. The van der Waals surface area contributed by atoms with Gasteiger partial charge in [0, 0.05) is 12.1 Å². The van der Waals surface area contributed by atoms with E-state index < -0.39 is 16.1 Å². The Bertz CT molecular complexity index is 1010. The van der Waals surface area contributed by atoms with Crippen molar-refractivity contribution in [2.45, 2.75) is 36.2 Å². The topological polar surface area (TPSA) is 97.0 Å². The maximum absolute atomic E-state index is 13.1. The number of likely N-dealkylation sites (tertiary alicyclic amines) is 1. The van der Waals surface area contributed by atoms with Crippen LogP contribution in [-0.4, -0.2) is 65.7 Å². The molecule has 32 heavy (non-hydrogen) atoms. The summed E-state index contributed by atoms with van der Waals surface area (Å²) in [5.74, 6) is 0.394. The molecule has 1 aliphatic rings. The van der Waals surface area contributed by atoms with Crippen LogP contribution in [0.4, 0.5) is 0 Å². The zero-order valence-corrected chi connectivity index (χ0v) is 19.5. The molecule has 0 aromatic heterocycles.